The smallest absolute Gasteiger partial charge is 0.246 e. The number of aliphatic hydroxyl groups is 1. The predicted molar refractivity (Wildman–Crippen MR) is 315 cm³/mol. The van der Waals surface area contributed by atoms with E-state index in [0.717, 1.165) is 44.9 Å². The van der Waals surface area contributed by atoms with Crippen molar-refractivity contribution in [1.29, 1.82) is 0 Å². The van der Waals surface area contributed by atoms with Crippen molar-refractivity contribution in [3.05, 3.63) is 0 Å². The highest BCUT2D eigenvalue weighted by atomic mass is 16.3. The molecule has 7 atom stereocenters. The summed E-state index contributed by atoms with van der Waals surface area (Å²) < 4.78 is 0. The summed E-state index contributed by atoms with van der Waals surface area (Å²) in [5, 5.41) is 36.2. The number of likely N-dealkylation sites (N-methyl/N-ethyl adjacent to an activating group) is 1. The van der Waals surface area contributed by atoms with Crippen molar-refractivity contribution >= 4 is 59.1 Å². The van der Waals surface area contributed by atoms with E-state index < -0.39 is 106 Å². The lowest BCUT2D eigenvalue weighted by molar-refractivity contribution is -0.141. The Morgan fingerprint density at radius 3 is 1.65 bits per heavy atom. The zero-order valence-electron chi connectivity index (χ0n) is 52.6. The second kappa shape index (κ2) is 35.6. The van der Waals surface area contributed by atoms with Crippen LogP contribution in [0, 0.1) is 17.8 Å². The van der Waals surface area contributed by atoms with Gasteiger partial charge in [-0.3, -0.25) is 47.9 Å². The average molecular weight is 1150 g/mol. The molecule has 0 aromatic rings. The Hall–Kier alpha value is -5.38. The molecule has 0 bridgehead atoms. The summed E-state index contributed by atoms with van der Waals surface area (Å²) in [7, 11) is 3.79. The molecular weight excluding hydrogens is 1040 g/mol. The van der Waals surface area contributed by atoms with Gasteiger partial charge < -0.3 is 62.8 Å². The van der Waals surface area contributed by atoms with Crippen LogP contribution >= 0.6 is 0 Å². The first-order valence-electron chi connectivity index (χ1n) is 30.0. The Morgan fingerprint density at radius 2 is 1.09 bits per heavy atom. The van der Waals surface area contributed by atoms with Gasteiger partial charge in [0.2, 0.25) is 59.1 Å². The predicted octanol–water partition coefficient (Wildman–Crippen LogP) is 3.61. The molecule has 0 saturated carbocycles. The molecule has 10 N–H and O–H groups in total. The Balaban J connectivity index is 3.30. The zero-order chi connectivity index (χ0) is 62.0. The molecule has 1 aliphatic heterocycles. The molecule has 1 heterocycles. The van der Waals surface area contributed by atoms with Crippen LogP contribution in [0.1, 0.15) is 207 Å². The molecule has 0 aromatic carbocycles. The number of hydrogen-bond donors (Lipinski definition) is 10. The number of carbonyl (C=O) groups excluding carboxylic acids is 10. The van der Waals surface area contributed by atoms with Crippen molar-refractivity contribution in [2.24, 2.45) is 17.8 Å². The second-order valence-corrected chi connectivity index (χ2v) is 25.4. The fourth-order valence-electron chi connectivity index (χ4n) is 9.48. The van der Waals surface area contributed by atoms with E-state index in [1.165, 1.54) is 41.5 Å². The van der Waals surface area contributed by atoms with E-state index >= 15 is 0 Å². The molecule has 22 nitrogen and oxygen atoms in total. The first kappa shape index (κ1) is 73.6. The summed E-state index contributed by atoms with van der Waals surface area (Å²) in [4.78, 5) is 141. The van der Waals surface area contributed by atoms with E-state index in [0.29, 0.717) is 45.2 Å². The number of unbranched alkanes of at least 4 members (excludes halogenated alkanes) is 7. The first-order chi connectivity index (χ1) is 37.6. The molecule has 1 rings (SSSR count). The van der Waals surface area contributed by atoms with E-state index in [2.05, 4.69) is 54.8 Å². The highest BCUT2D eigenvalue weighted by Gasteiger charge is 2.42. The summed E-state index contributed by atoms with van der Waals surface area (Å²) in [6.45, 7) is 26.5. The van der Waals surface area contributed by atoms with Gasteiger partial charge in [0.1, 0.15) is 46.8 Å². The van der Waals surface area contributed by atoms with Crippen molar-refractivity contribution in [2.45, 2.75) is 266 Å². The normalized spacial score (nSPS) is 16.2. The molecule has 1 fully saturated rings. The first-order valence-corrected chi connectivity index (χ1v) is 30.0. The Bertz CT molecular complexity index is 2060. The summed E-state index contributed by atoms with van der Waals surface area (Å²) in [5.41, 5.74) is -4.80. The number of carbonyl (C=O) groups is 10. The van der Waals surface area contributed by atoms with Gasteiger partial charge in [0, 0.05) is 38.5 Å². The summed E-state index contributed by atoms with van der Waals surface area (Å²) in [6.07, 6.45) is 8.54. The third-order valence-electron chi connectivity index (χ3n) is 14.3. The van der Waals surface area contributed by atoms with Gasteiger partial charge in [-0.25, -0.2) is 0 Å². The molecule has 466 valence electrons. The number of aliphatic hydroxyl groups excluding tert-OH is 1. The fraction of sp³-hybridized carbons (Fsp3) is 0.831. The van der Waals surface area contributed by atoms with E-state index in [1.807, 2.05) is 60.5 Å². The maximum absolute atomic E-state index is 14.3. The fourth-order valence-corrected chi connectivity index (χ4v) is 9.48. The maximum Gasteiger partial charge on any atom is 0.246 e. The third-order valence-corrected chi connectivity index (χ3v) is 14.3. The quantitative estimate of drug-likeness (QED) is 0.0397. The van der Waals surface area contributed by atoms with Gasteiger partial charge in [-0.15, -0.1) is 0 Å². The number of amides is 10. The van der Waals surface area contributed by atoms with Crippen LogP contribution in [0.4, 0.5) is 0 Å². The lowest BCUT2D eigenvalue weighted by Crippen LogP contribution is -2.66. The highest BCUT2D eigenvalue weighted by molar-refractivity contribution is 6.00. The number of rotatable bonds is 38. The van der Waals surface area contributed by atoms with Crippen molar-refractivity contribution in [3.8, 4) is 0 Å². The van der Waals surface area contributed by atoms with Crippen molar-refractivity contribution in [2.75, 3.05) is 33.7 Å². The van der Waals surface area contributed by atoms with Gasteiger partial charge in [-0.1, -0.05) is 107 Å². The number of nitrogens with zero attached hydrogens (tertiary/aromatic N) is 2. The van der Waals surface area contributed by atoms with Crippen LogP contribution in [0.5, 0.6) is 0 Å². The summed E-state index contributed by atoms with van der Waals surface area (Å²) in [6, 6.07) is -5.92. The van der Waals surface area contributed by atoms with Gasteiger partial charge in [0.15, 0.2) is 0 Å². The molecule has 6 unspecified atom stereocenters. The van der Waals surface area contributed by atoms with Crippen molar-refractivity contribution in [3.63, 3.8) is 0 Å². The monoisotopic (exact) mass is 1150 g/mol. The van der Waals surface area contributed by atoms with Crippen molar-refractivity contribution < 1.29 is 53.1 Å². The number of hydrogen-bond acceptors (Lipinski definition) is 12. The maximum atomic E-state index is 14.3. The second-order valence-electron chi connectivity index (χ2n) is 25.4. The van der Waals surface area contributed by atoms with Crippen LogP contribution in [0.25, 0.3) is 0 Å². The van der Waals surface area contributed by atoms with Gasteiger partial charge in [-0.2, -0.15) is 0 Å². The molecular formula is C59H109N11O11. The largest absolute Gasteiger partial charge is 0.390 e. The highest BCUT2D eigenvalue weighted by Crippen LogP contribution is 2.21. The minimum Gasteiger partial charge on any atom is -0.390 e. The lowest BCUT2D eigenvalue weighted by Gasteiger charge is -2.34. The lowest BCUT2D eigenvalue weighted by atomic mass is 9.95. The molecule has 1 saturated heterocycles. The molecule has 10 amide bonds. The van der Waals surface area contributed by atoms with E-state index in [1.54, 1.807) is 18.7 Å². The summed E-state index contributed by atoms with van der Waals surface area (Å²) in [5.74, 6) is -6.68. The molecule has 22 heteroatoms. The third kappa shape index (κ3) is 27.0. The average Bonchev–Trinajstić information content (AvgIpc) is 3.85. The molecule has 0 radical (unpaired) electrons. The minimum absolute atomic E-state index is 0.0225. The van der Waals surface area contributed by atoms with Crippen molar-refractivity contribution in [1.82, 2.24) is 57.7 Å². The summed E-state index contributed by atoms with van der Waals surface area (Å²) >= 11 is 0. The van der Waals surface area contributed by atoms with Crippen LogP contribution in [0.2, 0.25) is 0 Å². The SMILES string of the molecule is CCCCCCCCC(NC(=O)[C@@H]1CCCN1C(=O)CCCCC)C(=O)NC(C(=O)NC(C)(C)C(=O)NC(CC(C)C)C(=O)NC(CC(C)C)C(=O)NC(C)(C)C(=O)NC(C)(C)C(=O)NCCC(=O)NC(C)CN(C)C)C(O)C(C)C. The van der Waals surface area contributed by atoms with E-state index in [-0.39, 0.29) is 61.9 Å². The molecule has 1 aliphatic rings. The van der Waals surface area contributed by atoms with Gasteiger partial charge in [0.05, 0.1) is 6.10 Å². The Labute approximate surface area is 485 Å². The minimum atomic E-state index is -1.75. The van der Waals surface area contributed by atoms with Gasteiger partial charge in [-0.05, 0) is 119 Å². The molecule has 0 spiro atoms. The Kier molecular flexibility index (Phi) is 32.3. The van der Waals surface area contributed by atoms with Crippen LogP contribution in [0.3, 0.4) is 0 Å². The van der Waals surface area contributed by atoms with E-state index in [4.69, 9.17) is 0 Å². The number of nitrogens with one attached hydrogen (secondary N) is 9. The van der Waals surface area contributed by atoms with Crippen LogP contribution in [-0.2, 0) is 47.9 Å². The van der Waals surface area contributed by atoms with Crippen LogP contribution in [0.15, 0.2) is 0 Å². The van der Waals surface area contributed by atoms with Gasteiger partial charge >= 0.3 is 0 Å². The molecule has 0 aliphatic carbocycles. The topological polar surface area (TPSA) is 306 Å². The van der Waals surface area contributed by atoms with Crippen LogP contribution < -0.4 is 47.9 Å². The zero-order valence-corrected chi connectivity index (χ0v) is 52.6. The Morgan fingerprint density at radius 1 is 0.568 bits per heavy atom. The van der Waals surface area contributed by atoms with Gasteiger partial charge in [0.25, 0.3) is 0 Å². The number of likely N-dealkylation sites (tertiary alicyclic amines) is 1. The standard InChI is InChI=1S/C59H109N11O11/c1-18-20-22-23-24-26-28-41(62-52(77)44-29-27-33-70(44)46(72)30-25-21-19-2)49(74)65-47(48(73)39(7)8)53(78)67-58(12,13)55(80)64-42(34-37(3)4)50(75)63-43(35-38(5)6)51(76)66-59(14,15)56(81)68-57(10,11)54(79)60-32-31-45(71)61-40(9)36-69(16)17/h37-44,47-48,73H,18-36H2,1-17H3,(H,60,79)(H,61,71)(H,62,77)(H,63,75)(H,64,80)(H,65,74)(H,66,76)(H,67,78)(H,68,81)/t40?,41?,42?,43?,44-,47?,48?/m0/s1. The van der Waals surface area contributed by atoms with E-state index in [9.17, 15) is 53.1 Å². The molecule has 0 aromatic heterocycles. The van der Waals surface area contributed by atoms with Crippen LogP contribution in [-0.4, -0.2) is 167 Å². The molecule has 81 heavy (non-hydrogen) atoms.